The van der Waals surface area contributed by atoms with Gasteiger partial charge in [-0.1, -0.05) is 45.4 Å². The molecule has 4 fully saturated rings. The van der Waals surface area contributed by atoms with Gasteiger partial charge in [0, 0.05) is 5.56 Å². The molecule has 0 N–H and O–H groups in total. The van der Waals surface area contributed by atoms with Gasteiger partial charge in [0.2, 0.25) is 0 Å². The van der Waals surface area contributed by atoms with E-state index in [4.69, 9.17) is 4.74 Å². The lowest BCUT2D eigenvalue weighted by Crippen LogP contribution is -2.29. The molecule has 1 aliphatic heterocycles. The van der Waals surface area contributed by atoms with E-state index in [9.17, 15) is 8.78 Å². The smallest absolute Gasteiger partial charge is 0.165 e. The molecule has 1 nitrogen and oxygen atoms in total. The van der Waals surface area contributed by atoms with Crippen LogP contribution in [0.25, 0.3) is 0 Å². The molecule has 3 heteroatoms. The zero-order valence-electron chi connectivity index (χ0n) is 22.3. The zero-order chi connectivity index (χ0) is 24.4. The van der Waals surface area contributed by atoms with E-state index >= 15 is 0 Å². The average molecular weight is 487 g/mol. The standard InChI is InChI=1S/C32H48F2O/c1-3-4-22-5-10-24(11-6-22)26-14-16-27(17-15-26)25-12-7-23(8-13-25)9-18-28-21(2)19-29(30-20-35-30)32(34)31(28)33/h19,22-27,30H,3-18,20H2,1-2H3. The second kappa shape index (κ2) is 11.6. The molecule has 0 radical (unpaired) electrons. The van der Waals surface area contributed by atoms with E-state index in [1.54, 1.807) is 0 Å². The lowest BCUT2D eigenvalue weighted by atomic mass is 9.64. The van der Waals surface area contributed by atoms with Crippen LogP contribution in [0.1, 0.15) is 126 Å². The van der Waals surface area contributed by atoms with Crippen LogP contribution in [0.2, 0.25) is 0 Å². The summed E-state index contributed by atoms with van der Waals surface area (Å²) in [7, 11) is 0. The molecule has 1 aromatic rings. The molecule has 1 unspecified atom stereocenters. The summed E-state index contributed by atoms with van der Waals surface area (Å²) in [6.07, 6.45) is 21.4. The van der Waals surface area contributed by atoms with Gasteiger partial charge in [0.05, 0.1) is 6.61 Å². The number of benzene rings is 1. The molecule has 196 valence electrons. The molecular weight excluding hydrogens is 438 g/mol. The van der Waals surface area contributed by atoms with Crippen molar-refractivity contribution in [1.82, 2.24) is 0 Å². The minimum Gasteiger partial charge on any atom is -0.368 e. The first kappa shape index (κ1) is 25.7. The van der Waals surface area contributed by atoms with E-state index in [0.717, 1.165) is 41.6 Å². The summed E-state index contributed by atoms with van der Waals surface area (Å²) in [5.41, 5.74) is 1.89. The highest BCUT2D eigenvalue weighted by atomic mass is 19.2. The van der Waals surface area contributed by atoms with Crippen molar-refractivity contribution >= 4 is 0 Å². The highest BCUT2D eigenvalue weighted by molar-refractivity contribution is 5.36. The Bertz CT molecular complexity index is 822. The predicted octanol–water partition coefficient (Wildman–Crippen LogP) is 9.50. The van der Waals surface area contributed by atoms with Gasteiger partial charge >= 0.3 is 0 Å². The predicted molar refractivity (Wildman–Crippen MR) is 139 cm³/mol. The highest BCUT2D eigenvalue weighted by Gasteiger charge is 2.35. The summed E-state index contributed by atoms with van der Waals surface area (Å²) in [4.78, 5) is 0. The van der Waals surface area contributed by atoms with Crippen molar-refractivity contribution in [1.29, 1.82) is 0 Å². The van der Waals surface area contributed by atoms with Crippen molar-refractivity contribution < 1.29 is 13.5 Å². The van der Waals surface area contributed by atoms with E-state index in [0.29, 0.717) is 30.1 Å². The van der Waals surface area contributed by atoms with Crippen LogP contribution in [0, 0.1) is 54.1 Å². The average Bonchev–Trinajstić information content (AvgIpc) is 3.73. The Balaban J connectivity index is 1.04. The molecule has 1 heterocycles. The fourth-order valence-corrected chi connectivity index (χ4v) is 8.33. The third-order valence-corrected chi connectivity index (χ3v) is 10.7. The SMILES string of the molecule is CCCC1CCC(C2CCC(C3CCC(CCc4c(C)cc(C5CO5)c(F)c4F)CC3)CC2)CC1. The zero-order valence-corrected chi connectivity index (χ0v) is 22.3. The van der Waals surface area contributed by atoms with Crippen LogP contribution in [0.15, 0.2) is 6.07 Å². The molecule has 1 atom stereocenters. The van der Waals surface area contributed by atoms with Crippen molar-refractivity contribution in [3.63, 3.8) is 0 Å². The Morgan fingerprint density at radius 2 is 1.17 bits per heavy atom. The molecule has 0 amide bonds. The Kier molecular flexibility index (Phi) is 8.52. The van der Waals surface area contributed by atoms with E-state index in [2.05, 4.69) is 6.92 Å². The van der Waals surface area contributed by atoms with E-state index < -0.39 is 11.6 Å². The fraction of sp³-hybridized carbons (Fsp3) is 0.812. The van der Waals surface area contributed by atoms with Crippen molar-refractivity contribution in [3.8, 4) is 0 Å². The van der Waals surface area contributed by atoms with Crippen molar-refractivity contribution in [2.75, 3.05) is 6.61 Å². The van der Waals surface area contributed by atoms with Gasteiger partial charge in [-0.3, -0.25) is 0 Å². The van der Waals surface area contributed by atoms with Crippen molar-refractivity contribution in [3.05, 3.63) is 34.4 Å². The van der Waals surface area contributed by atoms with E-state index in [1.807, 2.05) is 13.0 Å². The first-order chi connectivity index (χ1) is 17.0. The Morgan fingerprint density at radius 3 is 1.63 bits per heavy atom. The lowest BCUT2D eigenvalue weighted by molar-refractivity contribution is 0.102. The number of halogens is 2. The molecule has 35 heavy (non-hydrogen) atoms. The topological polar surface area (TPSA) is 12.5 Å². The first-order valence-corrected chi connectivity index (χ1v) is 15.1. The molecule has 3 saturated carbocycles. The summed E-state index contributed by atoms with van der Waals surface area (Å²) in [6, 6.07) is 1.81. The largest absolute Gasteiger partial charge is 0.368 e. The minimum atomic E-state index is -0.679. The maximum Gasteiger partial charge on any atom is 0.165 e. The monoisotopic (exact) mass is 486 g/mol. The minimum absolute atomic E-state index is 0.233. The summed E-state index contributed by atoms with van der Waals surface area (Å²) < 4.78 is 34.4. The van der Waals surface area contributed by atoms with E-state index in [-0.39, 0.29) is 6.10 Å². The van der Waals surface area contributed by atoms with Gasteiger partial charge in [0.25, 0.3) is 0 Å². The van der Waals surface area contributed by atoms with Gasteiger partial charge in [-0.15, -0.1) is 0 Å². The molecule has 0 aromatic heterocycles. The molecule has 5 rings (SSSR count). The number of ether oxygens (including phenoxy) is 1. The summed E-state index contributed by atoms with van der Waals surface area (Å²) in [6.45, 7) is 4.78. The van der Waals surface area contributed by atoms with Gasteiger partial charge in [0.15, 0.2) is 11.6 Å². The Hall–Kier alpha value is -0.960. The molecule has 1 saturated heterocycles. The van der Waals surface area contributed by atoms with Gasteiger partial charge in [0.1, 0.15) is 6.10 Å². The fourth-order valence-electron chi connectivity index (χ4n) is 8.33. The molecule has 0 bridgehead atoms. The second-order valence-corrected chi connectivity index (χ2v) is 12.8. The van der Waals surface area contributed by atoms with Crippen LogP contribution in [0.3, 0.4) is 0 Å². The normalized spacial score (nSPS) is 35.7. The van der Waals surface area contributed by atoms with Gasteiger partial charge in [-0.05, 0) is 124 Å². The van der Waals surface area contributed by atoms with Crippen LogP contribution in [0.5, 0.6) is 0 Å². The van der Waals surface area contributed by atoms with Crippen molar-refractivity contribution in [2.45, 2.75) is 123 Å². The van der Waals surface area contributed by atoms with Crippen LogP contribution in [-0.2, 0) is 11.2 Å². The molecule has 0 spiro atoms. The third kappa shape index (κ3) is 6.13. The highest BCUT2D eigenvalue weighted by Crippen LogP contribution is 2.46. The number of aryl methyl sites for hydroxylation is 1. The summed E-state index contributed by atoms with van der Waals surface area (Å²) in [5.74, 6) is 4.31. The third-order valence-electron chi connectivity index (χ3n) is 10.7. The molecular formula is C32H48F2O. The van der Waals surface area contributed by atoms with Crippen LogP contribution >= 0.6 is 0 Å². The summed E-state index contributed by atoms with van der Waals surface area (Å²) >= 11 is 0. The number of rotatable bonds is 8. The molecule has 3 aliphatic carbocycles. The Labute approximate surface area is 212 Å². The van der Waals surface area contributed by atoms with Crippen molar-refractivity contribution in [2.24, 2.45) is 35.5 Å². The molecule has 1 aromatic carbocycles. The van der Waals surface area contributed by atoms with E-state index in [1.165, 1.54) is 89.9 Å². The van der Waals surface area contributed by atoms with Gasteiger partial charge in [-0.2, -0.15) is 0 Å². The van der Waals surface area contributed by atoms with Crippen LogP contribution in [-0.4, -0.2) is 6.61 Å². The maximum atomic E-state index is 14.8. The number of hydrogen-bond acceptors (Lipinski definition) is 1. The van der Waals surface area contributed by atoms with Crippen LogP contribution < -0.4 is 0 Å². The maximum absolute atomic E-state index is 14.8. The van der Waals surface area contributed by atoms with Crippen LogP contribution in [0.4, 0.5) is 8.78 Å². The Morgan fingerprint density at radius 1 is 0.714 bits per heavy atom. The van der Waals surface area contributed by atoms with Gasteiger partial charge in [-0.25, -0.2) is 8.78 Å². The second-order valence-electron chi connectivity index (χ2n) is 12.8. The van der Waals surface area contributed by atoms with Gasteiger partial charge < -0.3 is 4.74 Å². The number of hydrogen-bond donors (Lipinski definition) is 0. The lowest BCUT2D eigenvalue weighted by Gasteiger charge is -2.41. The quantitative estimate of drug-likeness (QED) is 0.333. The first-order valence-electron chi connectivity index (χ1n) is 15.1. The number of epoxide rings is 1. The summed E-state index contributed by atoms with van der Waals surface area (Å²) in [5, 5.41) is 0. The molecule has 4 aliphatic rings.